The summed E-state index contributed by atoms with van der Waals surface area (Å²) < 4.78 is 16.5. The molecule has 53 heavy (non-hydrogen) atoms. The van der Waals surface area contributed by atoms with Gasteiger partial charge < -0.3 is 28.4 Å². The van der Waals surface area contributed by atoms with Gasteiger partial charge in [0, 0.05) is 81.6 Å². The number of imide groups is 1. The van der Waals surface area contributed by atoms with Gasteiger partial charge in [-0.2, -0.15) is 0 Å². The number of fused-ring (bicyclic) bond motifs is 1. The first kappa shape index (κ1) is 36.5. The number of unbranched alkanes of at least 4 members (excludes halogenated alkanes) is 1. The molecule has 7 rings (SSSR count). The molecule has 2 saturated heterocycles. The molecule has 12 heteroatoms. The Balaban J connectivity index is 0.845. The van der Waals surface area contributed by atoms with Gasteiger partial charge in [-0.1, -0.05) is 31.5 Å². The zero-order chi connectivity index (χ0) is 36.7. The summed E-state index contributed by atoms with van der Waals surface area (Å²) >= 11 is 0. The van der Waals surface area contributed by atoms with E-state index < -0.39 is 6.03 Å². The van der Waals surface area contributed by atoms with Crippen LogP contribution in [0.3, 0.4) is 0 Å². The molecule has 5 heterocycles. The van der Waals surface area contributed by atoms with Crippen LogP contribution in [0.4, 0.5) is 4.79 Å². The van der Waals surface area contributed by atoms with Crippen molar-refractivity contribution in [2.45, 2.75) is 103 Å². The van der Waals surface area contributed by atoms with Crippen molar-refractivity contribution in [2.75, 3.05) is 26.2 Å². The summed E-state index contributed by atoms with van der Waals surface area (Å²) in [6.07, 6.45) is 15.9. The number of carbonyl (C=O) groups excluding carboxylic acids is 2. The predicted octanol–water partition coefficient (Wildman–Crippen LogP) is 5.34. The van der Waals surface area contributed by atoms with E-state index in [0.717, 1.165) is 93.3 Å². The fourth-order valence-electron chi connectivity index (χ4n) is 7.78. The average molecular weight is 723 g/mol. The molecule has 3 fully saturated rings. The van der Waals surface area contributed by atoms with Crippen molar-refractivity contribution >= 4 is 22.7 Å². The van der Waals surface area contributed by atoms with E-state index in [4.69, 9.17) is 9.47 Å². The second kappa shape index (κ2) is 16.9. The van der Waals surface area contributed by atoms with Gasteiger partial charge >= 0.3 is 6.03 Å². The van der Waals surface area contributed by atoms with Gasteiger partial charge in [-0.05, 0) is 80.2 Å². The first-order valence-electron chi connectivity index (χ1n) is 19.2. The van der Waals surface area contributed by atoms with Crippen molar-refractivity contribution < 1.29 is 19.1 Å². The van der Waals surface area contributed by atoms with Crippen LogP contribution in [0, 0.1) is 0 Å². The number of nitrogens with one attached hydrogen (secondary N) is 1. The van der Waals surface area contributed by atoms with Crippen LogP contribution in [0.25, 0.3) is 21.9 Å². The van der Waals surface area contributed by atoms with E-state index >= 15 is 0 Å². The topological polar surface area (TPSA) is 128 Å². The molecule has 3 aromatic heterocycles. The molecule has 0 spiro atoms. The Bertz CT molecular complexity index is 2010. The quantitative estimate of drug-likeness (QED) is 0.196. The van der Waals surface area contributed by atoms with Crippen LogP contribution in [-0.4, -0.2) is 80.3 Å². The summed E-state index contributed by atoms with van der Waals surface area (Å²) in [7, 11) is 0. The summed E-state index contributed by atoms with van der Waals surface area (Å²) in [6.45, 7) is 6.55. The van der Waals surface area contributed by atoms with E-state index in [0.29, 0.717) is 30.6 Å². The SMILES string of the molecule is CCCCn1cc(-c2ccc(OC3CCC(OC4CCN(CCn5cccc(CN6CCC(=O)NC6=O)c5=O)CC4)CC3)cc2)c2ccncc2c1=O. The first-order chi connectivity index (χ1) is 25.8. The molecule has 1 aliphatic carbocycles. The number of ether oxygens (including phenoxy) is 2. The van der Waals surface area contributed by atoms with Crippen LogP contribution in [-0.2, 0) is 29.2 Å². The molecule has 0 unspecified atom stereocenters. The van der Waals surface area contributed by atoms with Crippen molar-refractivity contribution in [2.24, 2.45) is 0 Å². The third kappa shape index (κ3) is 8.88. The summed E-state index contributed by atoms with van der Waals surface area (Å²) in [5, 5.41) is 3.87. The number of amides is 3. The number of aromatic nitrogens is 3. The number of aryl methyl sites for hydroxylation is 1. The molecule has 0 radical (unpaired) electrons. The Hall–Kier alpha value is -4.81. The summed E-state index contributed by atoms with van der Waals surface area (Å²) in [5.74, 6) is 0.577. The number of rotatable bonds is 13. The van der Waals surface area contributed by atoms with Crippen LogP contribution in [0.1, 0.15) is 70.3 Å². The maximum absolute atomic E-state index is 13.1. The van der Waals surface area contributed by atoms with E-state index in [1.807, 2.05) is 35.0 Å². The second-order valence-corrected chi connectivity index (χ2v) is 14.6. The molecule has 280 valence electrons. The number of likely N-dealkylation sites (tertiary alicyclic amines) is 1. The van der Waals surface area contributed by atoms with Gasteiger partial charge in [-0.3, -0.25) is 24.7 Å². The van der Waals surface area contributed by atoms with Gasteiger partial charge in [-0.25, -0.2) is 4.79 Å². The number of piperidine rings is 1. The number of urea groups is 1. The number of benzene rings is 1. The monoisotopic (exact) mass is 722 g/mol. The highest BCUT2D eigenvalue weighted by molar-refractivity contribution is 5.96. The standard InChI is InChI=1S/C41H50N6O6/c1-2-3-19-46-28-37(35-14-18-42-26-36(35)40(46)50)29-6-8-31(9-7-29)52-32-10-12-33(13-11-32)53-34-15-21-44(22-16-34)24-25-45-20-4-5-30(39(45)49)27-47-23-17-38(48)43-41(47)51/h4-9,14,18,20,26,28,32-34H,2-3,10-13,15-17,19,21-25,27H2,1H3,(H,43,48,51). The van der Waals surface area contributed by atoms with Gasteiger partial charge in [0.2, 0.25) is 5.91 Å². The van der Waals surface area contributed by atoms with Gasteiger partial charge in [0.15, 0.2) is 0 Å². The third-order valence-electron chi connectivity index (χ3n) is 10.9. The zero-order valence-corrected chi connectivity index (χ0v) is 30.6. The fraction of sp³-hybridized carbons (Fsp3) is 0.488. The first-order valence-corrected chi connectivity index (χ1v) is 19.2. The van der Waals surface area contributed by atoms with Crippen molar-refractivity contribution in [3.05, 3.63) is 93.5 Å². The number of nitrogens with zero attached hydrogens (tertiary/aromatic N) is 5. The molecular weight excluding hydrogens is 672 g/mol. The van der Waals surface area contributed by atoms with Gasteiger partial charge in [0.05, 0.1) is 30.2 Å². The van der Waals surface area contributed by atoms with Crippen LogP contribution in [0.5, 0.6) is 5.75 Å². The molecule has 0 bridgehead atoms. The Labute approximate surface area is 309 Å². The number of carbonyl (C=O) groups is 2. The summed E-state index contributed by atoms with van der Waals surface area (Å²) in [5.41, 5.74) is 2.53. The summed E-state index contributed by atoms with van der Waals surface area (Å²) in [4.78, 5) is 57.9. The Morgan fingerprint density at radius 3 is 2.30 bits per heavy atom. The average Bonchev–Trinajstić information content (AvgIpc) is 3.18. The maximum Gasteiger partial charge on any atom is 0.324 e. The second-order valence-electron chi connectivity index (χ2n) is 14.6. The molecule has 2 aliphatic heterocycles. The van der Waals surface area contributed by atoms with E-state index in [9.17, 15) is 19.2 Å². The van der Waals surface area contributed by atoms with Crippen molar-refractivity contribution in [3.8, 4) is 16.9 Å². The zero-order valence-electron chi connectivity index (χ0n) is 30.6. The lowest BCUT2D eigenvalue weighted by Gasteiger charge is -2.36. The minimum Gasteiger partial charge on any atom is -0.490 e. The molecule has 12 nitrogen and oxygen atoms in total. The molecule has 1 N–H and O–H groups in total. The summed E-state index contributed by atoms with van der Waals surface area (Å²) in [6, 6.07) is 13.3. The van der Waals surface area contributed by atoms with Crippen molar-refractivity contribution in [3.63, 3.8) is 0 Å². The molecule has 3 aliphatic rings. The number of pyridine rings is 3. The minimum atomic E-state index is -0.446. The molecule has 3 amide bonds. The van der Waals surface area contributed by atoms with Crippen LogP contribution in [0.15, 0.2) is 76.8 Å². The molecule has 4 aromatic rings. The van der Waals surface area contributed by atoms with Crippen LogP contribution in [0.2, 0.25) is 0 Å². The smallest absolute Gasteiger partial charge is 0.324 e. The van der Waals surface area contributed by atoms with Gasteiger partial charge in [-0.15, -0.1) is 0 Å². The normalized spacial score (nSPS) is 20.1. The molecule has 0 atom stereocenters. The Morgan fingerprint density at radius 1 is 0.792 bits per heavy atom. The Morgan fingerprint density at radius 2 is 1.55 bits per heavy atom. The van der Waals surface area contributed by atoms with Crippen molar-refractivity contribution in [1.82, 2.24) is 29.2 Å². The van der Waals surface area contributed by atoms with E-state index in [1.165, 1.54) is 4.90 Å². The van der Waals surface area contributed by atoms with E-state index in [-0.39, 0.29) is 48.3 Å². The van der Waals surface area contributed by atoms with E-state index in [1.54, 1.807) is 29.2 Å². The minimum absolute atomic E-state index is 0.00751. The number of hydrogen-bond acceptors (Lipinski definition) is 8. The molecular formula is C41H50N6O6. The number of hydrogen-bond donors (Lipinski definition) is 1. The van der Waals surface area contributed by atoms with Gasteiger partial charge in [0.1, 0.15) is 5.75 Å². The van der Waals surface area contributed by atoms with Crippen molar-refractivity contribution in [1.29, 1.82) is 0 Å². The molecule has 1 aromatic carbocycles. The lowest BCUT2D eigenvalue weighted by atomic mass is 9.94. The van der Waals surface area contributed by atoms with Crippen LogP contribution < -0.4 is 21.2 Å². The highest BCUT2D eigenvalue weighted by atomic mass is 16.5. The highest BCUT2D eigenvalue weighted by Gasteiger charge is 2.28. The lowest BCUT2D eigenvalue weighted by Crippen LogP contribution is -2.49. The van der Waals surface area contributed by atoms with Gasteiger partial charge in [0.25, 0.3) is 11.1 Å². The highest BCUT2D eigenvalue weighted by Crippen LogP contribution is 2.31. The third-order valence-corrected chi connectivity index (χ3v) is 10.9. The van der Waals surface area contributed by atoms with E-state index in [2.05, 4.69) is 34.3 Å². The maximum atomic E-state index is 13.1. The lowest BCUT2D eigenvalue weighted by molar-refractivity contribution is -0.121. The largest absolute Gasteiger partial charge is 0.490 e. The van der Waals surface area contributed by atoms with Crippen LogP contribution >= 0.6 is 0 Å². The Kier molecular flexibility index (Phi) is 11.7. The molecule has 1 saturated carbocycles. The predicted molar refractivity (Wildman–Crippen MR) is 203 cm³/mol. The fourth-order valence-corrected chi connectivity index (χ4v) is 7.78.